The monoisotopic (exact) mass is 333 g/mol. The Morgan fingerprint density at radius 1 is 1.33 bits per heavy atom. The zero-order valence-electron chi connectivity index (χ0n) is 2.88. The predicted octanol–water partition coefficient (Wildman–Crippen LogP) is -2.83. The minimum absolute atomic E-state index is 0. The summed E-state index contributed by atoms with van der Waals surface area (Å²) in [7, 11) is 0. The fourth-order valence-electron chi connectivity index (χ4n) is 0. The van der Waals surface area contributed by atoms with Gasteiger partial charge in [0.25, 0.3) is 0 Å². The molecule has 0 aromatic rings. The van der Waals surface area contributed by atoms with Crippen molar-refractivity contribution in [2.45, 2.75) is 0 Å². The summed E-state index contributed by atoms with van der Waals surface area (Å²) in [5, 5.41) is 16.7. The number of rotatable bonds is 0. The molecule has 0 amide bonds. The van der Waals surface area contributed by atoms with Crippen molar-refractivity contribution < 1.29 is 34.5 Å². The Labute approximate surface area is 66.6 Å². The van der Waals surface area contributed by atoms with E-state index in [1.807, 2.05) is 0 Å². The van der Waals surface area contributed by atoms with Gasteiger partial charge in [-0.2, -0.15) is 0 Å². The third-order valence-corrected chi connectivity index (χ3v) is 0. The fraction of sp³-hybridized carbons (Fsp3) is 0. The van der Waals surface area contributed by atoms with Crippen molar-refractivity contribution in [1.82, 2.24) is 0 Å². The molecule has 0 aromatic heterocycles. The summed E-state index contributed by atoms with van der Waals surface area (Å²) in [6, 6.07) is 0. The number of carboxylic acid groups (broad SMARTS) is 2. The van der Waals surface area contributed by atoms with Crippen LogP contribution in [0.15, 0.2) is 0 Å². The molecule has 0 N–H and O–H groups in total. The Bertz CT molecular complexity index is 33.8. The topological polar surface area (TPSA) is 63.2 Å². The SMILES string of the molecule is O=C([O-])[O-].[Bi+3].[Zn+2]. The van der Waals surface area contributed by atoms with Gasteiger partial charge in [0.2, 0.25) is 0 Å². The van der Waals surface area contributed by atoms with Crippen LogP contribution in [0.3, 0.4) is 0 Å². The molecule has 0 aromatic carbocycles. The van der Waals surface area contributed by atoms with E-state index in [0.717, 1.165) is 0 Å². The van der Waals surface area contributed by atoms with Gasteiger partial charge in [0.1, 0.15) is 0 Å². The van der Waals surface area contributed by atoms with E-state index in [1.165, 1.54) is 0 Å². The summed E-state index contributed by atoms with van der Waals surface area (Å²) in [5.74, 6) is 0. The molecular formula is CBiO3Zn+3. The molecule has 0 rings (SSSR count). The molecule has 3 nitrogen and oxygen atoms in total. The Kier molecular flexibility index (Phi) is 24.4. The average molecular weight is 334 g/mol. The van der Waals surface area contributed by atoms with E-state index in [9.17, 15) is 0 Å². The van der Waals surface area contributed by atoms with Gasteiger partial charge in [0.05, 0.1) is 0 Å². The van der Waals surface area contributed by atoms with Crippen LogP contribution in [0.5, 0.6) is 0 Å². The summed E-state index contributed by atoms with van der Waals surface area (Å²) >= 11 is 0. The molecule has 6 heavy (non-hydrogen) atoms. The van der Waals surface area contributed by atoms with E-state index in [-0.39, 0.29) is 45.7 Å². The Morgan fingerprint density at radius 3 is 1.33 bits per heavy atom. The largest absolute Gasteiger partial charge is 3.00 e. The van der Waals surface area contributed by atoms with Gasteiger partial charge >= 0.3 is 45.7 Å². The molecule has 5 heteroatoms. The molecule has 2 radical (unpaired) electrons. The number of hydrogen-bond donors (Lipinski definition) is 0. The first-order valence-electron chi connectivity index (χ1n) is 0.612. The first-order chi connectivity index (χ1) is 1.73. The molecule has 26 valence electrons. The Balaban J connectivity index is -0.0000000450. The van der Waals surface area contributed by atoms with Crippen LogP contribution in [0.1, 0.15) is 0 Å². The number of carbonyl (C=O) groups excluding carboxylic acids is 1. The van der Waals surface area contributed by atoms with Gasteiger partial charge in [-0.3, -0.25) is 0 Å². The molecule has 0 spiro atoms. The van der Waals surface area contributed by atoms with Gasteiger partial charge in [0.15, 0.2) is 0 Å². The van der Waals surface area contributed by atoms with Crippen LogP contribution in [-0.2, 0) is 19.5 Å². The molecule has 0 bridgehead atoms. The standard InChI is InChI=1S/CH2O3.Bi.Zn/c2-1(3)4;;/h(H2,2,3,4);;/q;+3;+2/p-2. The van der Waals surface area contributed by atoms with Gasteiger partial charge in [-0.25, -0.2) is 0 Å². The van der Waals surface area contributed by atoms with Crippen LogP contribution >= 0.6 is 0 Å². The molecule has 0 saturated heterocycles. The zero-order chi connectivity index (χ0) is 3.58. The van der Waals surface area contributed by atoms with E-state index in [2.05, 4.69) is 0 Å². The van der Waals surface area contributed by atoms with Gasteiger partial charge in [-0.15, -0.1) is 0 Å². The van der Waals surface area contributed by atoms with Crippen molar-refractivity contribution in [1.29, 1.82) is 0 Å². The summed E-state index contributed by atoms with van der Waals surface area (Å²) < 4.78 is 0. The maximum atomic E-state index is 8.33. The van der Waals surface area contributed by atoms with E-state index < -0.39 is 6.16 Å². The molecule has 0 atom stereocenters. The summed E-state index contributed by atoms with van der Waals surface area (Å²) in [6.07, 6.45) is -2.33. The fourth-order valence-corrected chi connectivity index (χ4v) is 0. The minimum atomic E-state index is -2.33. The van der Waals surface area contributed by atoms with Crippen LogP contribution < -0.4 is 10.2 Å². The second kappa shape index (κ2) is 9.24. The van der Waals surface area contributed by atoms with Gasteiger partial charge in [-0.1, -0.05) is 0 Å². The molecule has 0 aliphatic heterocycles. The van der Waals surface area contributed by atoms with Crippen molar-refractivity contribution in [2.75, 3.05) is 0 Å². The first-order valence-corrected chi connectivity index (χ1v) is 0.612. The quantitative estimate of drug-likeness (QED) is 0.449. The van der Waals surface area contributed by atoms with Gasteiger partial charge < -0.3 is 15.0 Å². The van der Waals surface area contributed by atoms with Crippen LogP contribution in [0.4, 0.5) is 4.79 Å². The molecule has 0 fully saturated rings. The maximum Gasteiger partial charge on any atom is 3.00 e. The second-order valence-corrected chi connectivity index (χ2v) is 0.250. The summed E-state index contributed by atoms with van der Waals surface area (Å²) in [6.45, 7) is 0. The molecular weight excluding hydrogens is 334 g/mol. The molecule has 0 aliphatic carbocycles. The third-order valence-electron chi connectivity index (χ3n) is 0. The van der Waals surface area contributed by atoms with Crippen molar-refractivity contribution in [3.63, 3.8) is 0 Å². The van der Waals surface area contributed by atoms with Crippen LogP contribution in [0.2, 0.25) is 0 Å². The van der Waals surface area contributed by atoms with Crippen molar-refractivity contribution >= 4 is 32.4 Å². The second-order valence-electron chi connectivity index (χ2n) is 0.250. The third kappa shape index (κ3) is 113. The molecule has 0 heterocycles. The molecule has 0 saturated carbocycles. The number of hydrogen-bond acceptors (Lipinski definition) is 3. The van der Waals surface area contributed by atoms with Crippen molar-refractivity contribution in [3.8, 4) is 0 Å². The van der Waals surface area contributed by atoms with Gasteiger partial charge in [-0.05, 0) is 6.16 Å². The molecule has 0 aliphatic rings. The van der Waals surface area contributed by atoms with Gasteiger partial charge in [0, 0.05) is 0 Å². The summed E-state index contributed by atoms with van der Waals surface area (Å²) in [4.78, 5) is 8.33. The van der Waals surface area contributed by atoms with Crippen molar-refractivity contribution in [3.05, 3.63) is 0 Å². The van der Waals surface area contributed by atoms with Crippen LogP contribution in [0.25, 0.3) is 0 Å². The number of carbonyl (C=O) groups is 1. The van der Waals surface area contributed by atoms with Crippen LogP contribution in [-0.4, -0.2) is 32.4 Å². The Morgan fingerprint density at radius 2 is 1.33 bits per heavy atom. The Hall–Kier alpha value is 0.776. The minimum Gasteiger partial charge on any atom is -0.652 e. The zero-order valence-corrected chi connectivity index (χ0v) is 9.32. The first kappa shape index (κ1) is 15.9. The molecule has 0 unspecified atom stereocenters. The van der Waals surface area contributed by atoms with E-state index in [4.69, 9.17) is 15.0 Å². The van der Waals surface area contributed by atoms with E-state index in [1.54, 1.807) is 0 Å². The average Bonchev–Trinajstić information content (AvgIpc) is 0.811. The predicted molar refractivity (Wildman–Crippen MR) is 11.1 cm³/mol. The normalized spacial score (nSPS) is 4.00. The van der Waals surface area contributed by atoms with Crippen molar-refractivity contribution in [2.24, 2.45) is 0 Å². The van der Waals surface area contributed by atoms with Crippen LogP contribution in [0, 0.1) is 0 Å². The van der Waals surface area contributed by atoms with E-state index in [0.29, 0.717) is 0 Å². The van der Waals surface area contributed by atoms with E-state index >= 15 is 0 Å². The summed E-state index contributed by atoms with van der Waals surface area (Å²) in [5.41, 5.74) is 0. The maximum absolute atomic E-state index is 8.33. The smallest absolute Gasteiger partial charge is 0.652 e.